The molecule has 0 radical (unpaired) electrons. The molecule has 0 unspecified atom stereocenters. The molecule has 1 amide bonds. The number of nitrogens with zero attached hydrogens (tertiary/aromatic N) is 1. The summed E-state index contributed by atoms with van der Waals surface area (Å²) in [4.78, 5) is 25.0. The summed E-state index contributed by atoms with van der Waals surface area (Å²) in [6.45, 7) is 2.11. The molecule has 2 N–H and O–H groups in total. The summed E-state index contributed by atoms with van der Waals surface area (Å²) in [5.74, 6) is -1.52. The highest BCUT2D eigenvalue weighted by Gasteiger charge is 2.30. The fourth-order valence-electron chi connectivity index (χ4n) is 4.25. The Bertz CT molecular complexity index is 1460. The Morgan fingerprint density at radius 1 is 1.00 bits per heavy atom. The van der Waals surface area contributed by atoms with E-state index >= 15 is 0 Å². The molecule has 0 fully saturated rings. The molecule has 4 aromatic rings. The predicted octanol–water partition coefficient (Wildman–Crippen LogP) is 7.86. The van der Waals surface area contributed by atoms with Gasteiger partial charge in [-0.15, -0.1) is 0 Å². The van der Waals surface area contributed by atoms with Crippen LogP contribution in [0, 0.1) is 0 Å². The lowest BCUT2D eigenvalue weighted by molar-refractivity contribution is -0.137. The number of unbranched alkanes of at least 4 members (excludes halogenated alkanes) is 1. The Morgan fingerprint density at radius 3 is 2.32 bits per heavy atom. The number of benzene rings is 3. The van der Waals surface area contributed by atoms with E-state index in [0.717, 1.165) is 24.1 Å². The van der Waals surface area contributed by atoms with E-state index in [-0.39, 0.29) is 30.3 Å². The normalized spacial score (nSPS) is 11.6. The smallest absolute Gasteiger partial charge is 0.416 e. The van der Waals surface area contributed by atoms with E-state index in [2.05, 4.69) is 5.32 Å². The molecule has 1 aromatic heterocycles. The van der Waals surface area contributed by atoms with Gasteiger partial charge >= 0.3 is 12.1 Å². The minimum atomic E-state index is -4.45. The lowest BCUT2D eigenvalue weighted by atomic mass is 10.0. The molecular weight excluding hydrogens is 505 g/mol. The average molecular weight is 529 g/mol. The highest BCUT2D eigenvalue weighted by molar-refractivity contribution is 6.30. The Kier molecular flexibility index (Phi) is 7.59. The van der Waals surface area contributed by atoms with Crippen LogP contribution in [0.2, 0.25) is 5.02 Å². The van der Waals surface area contributed by atoms with Crippen LogP contribution in [0.5, 0.6) is 0 Å². The van der Waals surface area contributed by atoms with E-state index in [0.29, 0.717) is 33.5 Å². The van der Waals surface area contributed by atoms with Crippen LogP contribution in [0.3, 0.4) is 0 Å². The summed E-state index contributed by atoms with van der Waals surface area (Å²) in [5.41, 5.74) is 1.74. The molecule has 9 heteroatoms. The van der Waals surface area contributed by atoms with Gasteiger partial charge in [-0.3, -0.25) is 4.79 Å². The number of aromatic carboxylic acids is 1. The maximum absolute atomic E-state index is 13.0. The van der Waals surface area contributed by atoms with E-state index in [1.54, 1.807) is 41.0 Å². The minimum absolute atomic E-state index is 0.0932. The highest BCUT2D eigenvalue weighted by atomic mass is 35.5. The van der Waals surface area contributed by atoms with Crippen molar-refractivity contribution in [2.24, 2.45) is 0 Å². The van der Waals surface area contributed by atoms with Crippen LogP contribution in [0.1, 0.15) is 47.8 Å². The Hall–Kier alpha value is -3.78. The lowest BCUT2D eigenvalue weighted by Crippen LogP contribution is -2.16. The maximum atomic E-state index is 13.0. The molecule has 5 nitrogen and oxygen atoms in total. The number of hydrogen-bond acceptors (Lipinski definition) is 2. The molecule has 37 heavy (non-hydrogen) atoms. The van der Waals surface area contributed by atoms with Gasteiger partial charge in [-0.1, -0.05) is 61.3 Å². The van der Waals surface area contributed by atoms with Gasteiger partial charge in [-0.05, 0) is 53.4 Å². The van der Waals surface area contributed by atoms with E-state index in [1.165, 1.54) is 12.1 Å². The number of alkyl halides is 3. The molecule has 0 aliphatic heterocycles. The van der Waals surface area contributed by atoms with Crippen LogP contribution in [-0.4, -0.2) is 21.6 Å². The summed E-state index contributed by atoms with van der Waals surface area (Å²) in [6, 6.07) is 16.8. The second kappa shape index (κ2) is 10.7. The molecule has 0 spiro atoms. The minimum Gasteiger partial charge on any atom is -0.477 e. The second-order valence-electron chi connectivity index (χ2n) is 8.70. The molecule has 4 rings (SSSR count). The number of fused-ring (bicyclic) bond motifs is 1. The van der Waals surface area contributed by atoms with Gasteiger partial charge in [0.1, 0.15) is 0 Å². The number of anilines is 1. The van der Waals surface area contributed by atoms with E-state index < -0.39 is 17.7 Å². The highest BCUT2D eigenvalue weighted by Crippen LogP contribution is 2.36. The van der Waals surface area contributed by atoms with Crippen molar-refractivity contribution in [2.75, 3.05) is 5.32 Å². The van der Waals surface area contributed by atoms with Crippen LogP contribution in [0.25, 0.3) is 22.0 Å². The summed E-state index contributed by atoms with van der Waals surface area (Å²) in [6.07, 6.45) is -2.73. The third-order valence-electron chi connectivity index (χ3n) is 6.06. The third-order valence-corrected chi connectivity index (χ3v) is 6.30. The van der Waals surface area contributed by atoms with Crippen LogP contribution in [-0.2, 0) is 17.5 Å². The summed E-state index contributed by atoms with van der Waals surface area (Å²) in [5, 5.41) is 13.9. The molecule has 0 atom stereocenters. The number of amides is 1. The van der Waals surface area contributed by atoms with E-state index in [1.807, 2.05) is 13.0 Å². The zero-order valence-corrected chi connectivity index (χ0v) is 20.7. The van der Waals surface area contributed by atoms with E-state index in [4.69, 9.17) is 11.6 Å². The Labute approximate surface area is 216 Å². The first-order chi connectivity index (χ1) is 17.6. The van der Waals surface area contributed by atoms with Crippen molar-refractivity contribution in [3.05, 3.63) is 88.6 Å². The zero-order chi connectivity index (χ0) is 26.7. The molecule has 0 aliphatic rings. The fraction of sp³-hybridized carbons (Fsp3) is 0.214. The maximum Gasteiger partial charge on any atom is 0.416 e. The van der Waals surface area contributed by atoms with Crippen molar-refractivity contribution in [1.82, 2.24) is 4.57 Å². The average Bonchev–Trinajstić information content (AvgIpc) is 3.14. The number of carboxylic acids is 1. The number of carboxylic acid groups (broad SMARTS) is 1. The third kappa shape index (κ3) is 5.80. The molecule has 0 aliphatic carbocycles. The number of carbonyl (C=O) groups excluding carboxylic acids is 1. The molecule has 0 saturated carbocycles. The van der Waals surface area contributed by atoms with Gasteiger partial charge in [-0.25, -0.2) is 4.79 Å². The van der Waals surface area contributed by atoms with Gasteiger partial charge in [0, 0.05) is 23.4 Å². The lowest BCUT2D eigenvalue weighted by Gasteiger charge is -2.11. The molecule has 0 bridgehead atoms. The predicted molar refractivity (Wildman–Crippen MR) is 138 cm³/mol. The quantitative estimate of drug-likeness (QED) is 0.244. The number of hydrogen-bond donors (Lipinski definition) is 2. The molecule has 1 heterocycles. The first kappa shape index (κ1) is 26.3. The van der Waals surface area contributed by atoms with Gasteiger partial charge in [0.2, 0.25) is 5.91 Å². The monoisotopic (exact) mass is 528 g/mol. The number of aromatic nitrogens is 1. The van der Waals surface area contributed by atoms with Gasteiger partial charge in [0.05, 0.1) is 16.8 Å². The van der Waals surface area contributed by atoms with Crippen LogP contribution in [0.4, 0.5) is 18.9 Å². The Balaban J connectivity index is 1.88. The number of carbonyl (C=O) groups is 2. The van der Waals surface area contributed by atoms with Gasteiger partial charge in [0.25, 0.3) is 0 Å². The summed E-state index contributed by atoms with van der Waals surface area (Å²) >= 11 is 6.14. The zero-order valence-electron chi connectivity index (χ0n) is 19.9. The SMILES string of the molecule is CCCCC(=O)Nc1c(C(=O)O)n(Cc2cccc(Cl)c2)c2cc(-c3ccc(C(F)(F)F)cc3)ccc12. The van der Waals surface area contributed by atoms with Crippen molar-refractivity contribution in [3.8, 4) is 11.1 Å². The fourth-order valence-corrected chi connectivity index (χ4v) is 4.46. The summed E-state index contributed by atoms with van der Waals surface area (Å²) in [7, 11) is 0. The van der Waals surface area contributed by atoms with Crippen LogP contribution in [0.15, 0.2) is 66.7 Å². The van der Waals surface area contributed by atoms with Gasteiger partial charge in [0.15, 0.2) is 5.69 Å². The van der Waals surface area contributed by atoms with Crippen molar-refractivity contribution in [1.29, 1.82) is 0 Å². The first-order valence-corrected chi connectivity index (χ1v) is 12.1. The molecule has 3 aromatic carbocycles. The van der Waals surface area contributed by atoms with Crippen LogP contribution >= 0.6 is 11.6 Å². The van der Waals surface area contributed by atoms with E-state index in [9.17, 15) is 27.9 Å². The van der Waals surface area contributed by atoms with Crippen molar-refractivity contribution in [2.45, 2.75) is 38.9 Å². The number of halogens is 4. The molecule has 192 valence electrons. The molecular formula is C28H24ClF3N2O3. The largest absolute Gasteiger partial charge is 0.477 e. The van der Waals surface area contributed by atoms with Crippen molar-refractivity contribution in [3.63, 3.8) is 0 Å². The van der Waals surface area contributed by atoms with Gasteiger partial charge < -0.3 is 15.0 Å². The van der Waals surface area contributed by atoms with Gasteiger partial charge in [-0.2, -0.15) is 13.2 Å². The number of nitrogens with one attached hydrogen (secondary N) is 1. The summed E-state index contributed by atoms with van der Waals surface area (Å²) < 4.78 is 40.6. The standard InChI is InChI=1S/C28H24ClF3N2O3/c1-2-3-7-24(35)33-25-22-13-10-19(18-8-11-20(12-9-18)28(30,31)32)15-23(22)34(26(25)27(36)37)16-17-5-4-6-21(29)14-17/h4-6,8-15H,2-3,7,16H2,1H3,(H,33,35)(H,36,37). The van der Waals surface area contributed by atoms with Crippen molar-refractivity contribution < 1.29 is 27.9 Å². The van der Waals surface area contributed by atoms with Crippen molar-refractivity contribution >= 4 is 40.1 Å². The second-order valence-corrected chi connectivity index (χ2v) is 9.14. The Morgan fingerprint density at radius 2 is 1.70 bits per heavy atom. The first-order valence-electron chi connectivity index (χ1n) is 11.7. The topological polar surface area (TPSA) is 71.3 Å². The molecule has 0 saturated heterocycles. The number of rotatable bonds is 8. The van der Waals surface area contributed by atoms with Crippen LogP contribution < -0.4 is 5.32 Å².